The highest BCUT2D eigenvalue weighted by molar-refractivity contribution is 5.79. The molecule has 0 radical (unpaired) electrons. The maximum Gasteiger partial charge on any atom is 0.269 e. The number of aliphatic imine (C=N–C) groups is 1. The lowest BCUT2D eigenvalue weighted by atomic mass is 10.1. The number of rotatable bonds is 7. The van der Waals surface area contributed by atoms with E-state index in [0.29, 0.717) is 18.0 Å². The maximum atomic E-state index is 10.6. The van der Waals surface area contributed by atoms with E-state index in [1.165, 1.54) is 12.1 Å². The predicted octanol–water partition coefficient (Wildman–Crippen LogP) is 3.27. The molecule has 0 N–H and O–H groups in total. The Kier molecular flexibility index (Phi) is 5.68. The normalized spacial score (nSPS) is 10.7. The molecule has 0 fully saturated rings. The molecule has 0 aliphatic heterocycles. The number of nitro benzene ring substituents is 1. The second kappa shape index (κ2) is 7.93. The summed E-state index contributed by atoms with van der Waals surface area (Å²) in [7, 11) is 3.21. The van der Waals surface area contributed by atoms with Crippen LogP contribution in [-0.2, 0) is 6.42 Å². The third-order valence-corrected chi connectivity index (χ3v) is 3.32. The first-order valence-electron chi connectivity index (χ1n) is 7.09. The summed E-state index contributed by atoms with van der Waals surface area (Å²) in [5.41, 5.74) is 2.01. The molecule has 2 rings (SSSR count). The SMILES string of the molecule is COc1ccc(CC/N=C/c2ccc([N+](=O)[O-])cc2)cc1OC. The second-order valence-corrected chi connectivity index (χ2v) is 4.82. The van der Waals surface area contributed by atoms with E-state index >= 15 is 0 Å². The highest BCUT2D eigenvalue weighted by Crippen LogP contribution is 2.27. The van der Waals surface area contributed by atoms with Gasteiger partial charge in [-0.15, -0.1) is 0 Å². The van der Waals surface area contributed by atoms with Crippen molar-refractivity contribution in [2.75, 3.05) is 20.8 Å². The minimum atomic E-state index is -0.419. The van der Waals surface area contributed by atoms with Crippen molar-refractivity contribution in [1.82, 2.24) is 0 Å². The molecule has 0 amide bonds. The van der Waals surface area contributed by atoms with Crippen molar-refractivity contribution in [3.05, 3.63) is 63.7 Å². The molecule has 0 unspecified atom stereocenters. The zero-order chi connectivity index (χ0) is 16.7. The Morgan fingerprint density at radius 3 is 2.39 bits per heavy atom. The highest BCUT2D eigenvalue weighted by atomic mass is 16.6. The van der Waals surface area contributed by atoms with Gasteiger partial charge < -0.3 is 9.47 Å². The summed E-state index contributed by atoms with van der Waals surface area (Å²) in [5.74, 6) is 1.40. The molecule has 6 heteroatoms. The number of hydrogen-bond acceptors (Lipinski definition) is 5. The van der Waals surface area contributed by atoms with Gasteiger partial charge >= 0.3 is 0 Å². The van der Waals surface area contributed by atoms with E-state index in [0.717, 1.165) is 17.5 Å². The Bertz CT molecular complexity index is 696. The van der Waals surface area contributed by atoms with Crippen molar-refractivity contribution in [3.8, 4) is 11.5 Å². The van der Waals surface area contributed by atoms with Crippen molar-refractivity contribution in [1.29, 1.82) is 0 Å². The van der Waals surface area contributed by atoms with Crippen LogP contribution in [0.2, 0.25) is 0 Å². The van der Waals surface area contributed by atoms with Crippen LogP contribution in [0.1, 0.15) is 11.1 Å². The molecule has 23 heavy (non-hydrogen) atoms. The predicted molar refractivity (Wildman–Crippen MR) is 88.8 cm³/mol. The molecule has 0 aromatic heterocycles. The molecule has 0 bridgehead atoms. The van der Waals surface area contributed by atoms with Gasteiger partial charge in [0.15, 0.2) is 11.5 Å². The Morgan fingerprint density at radius 2 is 1.78 bits per heavy atom. The summed E-state index contributed by atoms with van der Waals surface area (Å²) in [4.78, 5) is 14.5. The van der Waals surface area contributed by atoms with Crippen LogP contribution >= 0.6 is 0 Å². The molecule has 2 aromatic rings. The van der Waals surface area contributed by atoms with Gasteiger partial charge in [0.25, 0.3) is 5.69 Å². The first-order chi connectivity index (χ1) is 11.1. The van der Waals surface area contributed by atoms with Crippen molar-refractivity contribution >= 4 is 11.9 Å². The molecule has 2 aromatic carbocycles. The summed E-state index contributed by atoms with van der Waals surface area (Å²) in [6.45, 7) is 0.618. The smallest absolute Gasteiger partial charge is 0.269 e. The second-order valence-electron chi connectivity index (χ2n) is 4.82. The minimum Gasteiger partial charge on any atom is -0.493 e. The zero-order valence-corrected chi connectivity index (χ0v) is 13.1. The number of nitrogens with zero attached hydrogens (tertiary/aromatic N) is 2. The minimum absolute atomic E-state index is 0.0764. The van der Waals surface area contributed by atoms with Gasteiger partial charge in [-0.25, -0.2) is 0 Å². The van der Waals surface area contributed by atoms with E-state index < -0.39 is 4.92 Å². The van der Waals surface area contributed by atoms with Crippen LogP contribution in [0, 0.1) is 10.1 Å². The van der Waals surface area contributed by atoms with Gasteiger partial charge in [0, 0.05) is 24.9 Å². The van der Waals surface area contributed by atoms with Gasteiger partial charge in [0.1, 0.15) is 0 Å². The first-order valence-corrected chi connectivity index (χ1v) is 7.09. The quantitative estimate of drug-likeness (QED) is 0.446. The van der Waals surface area contributed by atoms with Crippen LogP contribution in [-0.4, -0.2) is 31.9 Å². The van der Waals surface area contributed by atoms with E-state index in [1.807, 2.05) is 18.2 Å². The Hall–Kier alpha value is -2.89. The number of ether oxygens (including phenoxy) is 2. The maximum absolute atomic E-state index is 10.6. The number of nitro groups is 1. The van der Waals surface area contributed by atoms with Crippen molar-refractivity contribution in [3.63, 3.8) is 0 Å². The van der Waals surface area contributed by atoms with E-state index in [4.69, 9.17) is 9.47 Å². The molecule has 0 spiro atoms. The molecule has 0 saturated carbocycles. The van der Waals surface area contributed by atoms with Gasteiger partial charge in [-0.1, -0.05) is 6.07 Å². The zero-order valence-electron chi connectivity index (χ0n) is 13.1. The van der Waals surface area contributed by atoms with Crippen LogP contribution in [0.15, 0.2) is 47.5 Å². The fourth-order valence-electron chi connectivity index (χ4n) is 2.08. The molecule has 0 heterocycles. The lowest BCUT2D eigenvalue weighted by Crippen LogP contribution is -1.95. The van der Waals surface area contributed by atoms with Crippen molar-refractivity contribution in [2.24, 2.45) is 4.99 Å². The molecule has 120 valence electrons. The average Bonchev–Trinajstić information content (AvgIpc) is 2.58. The monoisotopic (exact) mass is 314 g/mol. The van der Waals surface area contributed by atoms with Crippen molar-refractivity contribution < 1.29 is 14.4 Å². The van der Waals surface area contributed by atoms with Gasteiger partial charge in [-0.2, -0.15) is 0 Å². The summed E-state index contributed by atoms with van der Waals surface area (Å²) in [6.07, 6.45) is 2.48. The summed E-state index contributed by atoms with van der Waals surface area (Å²) in [6, 6.07) is 12.1. The van der Waals surface area contributed by atoms with Gasteiger partial charge in [0.05, 0.1) is 19.1 Å². The Morgan fingerprint density at radius 1 is 1.09 bits per heavy atom. The summed E-state index contributed by atoms with van der Waals surface area (Å²) < 4.78 is 10.5. The molecular weight excluding hydrogens is 296 g/mol. The highest BCUT2D eigenvalue weighted by Gasteiger charge is 2.04. The largest absolute Gasteiger partial charge is 0.493 e. The topological polar surface area (TPSA) is 74.0 Å². The molecule has 6 nitrogen and oxygen atoms in total. The van der Waals surface area contributed by atoms with Crippen LogP contribution in [0.3, 0.4) is 0 Å². The molecule has 0 atom stereocenters. The average molecular weight is 314 g/mol. The van der Waals surface area contributed by atoms with Crippen LogP contribution < -0.4 is 9.47 Å². The third-order valence-electron chi connectivity index (χ3n) is 3.32. The Balaban J connectivity index is 1.92. The van der Waals surface area contributed by atoms with Crippen LogP contribution in [0.4, 0.5) is 5.69 Å². The number of benzene rings is 2. The number of hydrogen-bond donors (Lipinski definition) is 0. The van der Waals surface area contributed by atoms with Crippen LogP contribution in [0.25, 0.3) is 0 Å². The van der Waals surface area contributed by atoms with Crippen LogP contribution in [0.5, 0.6) is 11.5 Å². The molecular formula is C17H18N2O4. The lowest BCUT2D eigenvalue weighted by Gasteiger charge is -2.08. The summed E-state index contributed by atoms with van der Waals surface area (Å²) >= 11 is 0. The molecule has 0 aliphatic rings. The fraction of sp³-hybridized carbons (Fsp3) is 0.235. The lowest BCUT2D eigenvalue weighted by molar-refractivity contribution is -0.384. The standard InChI is InChI=1S/C17H18N2O4/c1-22-16-8-5-13(11-17(16)23-2)9-10-18-12-14-3-6-15(7-4-14)19(20)21/h3-8,11-12H,9-10H2,1-2H3/b18-12+. The van der Waals surface area contributed by atoms with E-state index in [2.05, 4.69) is 4.99 Å². The number of methoxy groups -OCH3 is 2. The molecule has 0 saturated heterocycles. The van der Waals surface area contributed by atoms with E-state index in [-0.39, 0.29) is 5.69 Å². The Labute approximate surface area is 134 Å². The first kappa shape index (κ1) is 16.5. The third kappa shape index (κ3) is 4.54. The van der Waals surface area contributed by atoms with Gasteiger partial charge in [-0.05, 0) is 41.8 Å². The van der Waals surface area contributed by atoms with Gasteiger partial charge in [0.2, 0.25) is 0 Å². The summed E-state index contributed by atoms with van der Waals surface area (Å²) in [5, 5.41) is 10.6. The van der Waals surface area contributed by atoms with Crippen molar-refractivity contribution in [2.45, 2.75) is 6.42 Å². The van der Waals surface area contributed by atoms with E-state index in [9.17, 15) is 10.1 Å². The van der Waals surface area contributed by atoms with Gasteiger partial charge in [-0.3, -0.25) is 15.1 Å². The molecule has 0 aliphatic carbocycles. The number of non-ortho nitro benzene ring substituents is 1. The fourth-order valence-corrected chi connectivity index (χ4v) is 2.08. The van der Waals surface area contributed by atoms with E-state index in [1.54, 1.807) is 32.6 Å².